The number of aromatic amines is 1. The van der Waals surface area contributed by atoms with E-state index in [0.717, 1.165) is 36.3 Å². The molecule has 0 unspecified atom stereocenters. The van der Waals surface area contributed by atoms with Crippen LogP contribution < -0.4 is 5.32 Å². The summed E-state index contributed by atoms with van der Waals surface area (Å²) >= 11 is 0. The molecule has 9 heteroatoms. The number of H-pyrrole nitrogens is 1. The van der Waals surface area contributed by atoms with Crippen molar-refractivity contribution >= 4 is 42.8 Å². The molecule has 144 valence electrons. The lowest BCUT2D eigenvalue weighted by atomic mass is 10.0. The van der Waals surface area contributed by atoms with Crippen molar-refractivity contribution in [1.82, 2.24) is 25.7 Å². The molecule has 0 aliphatic carbocycles. The zero-order chi connectivity index (χ0) is 16.4. The van der Waals surface area contributed by atoms with Gasteiger partial charge in [0.2, 0.25) is 0 Å². The number of nitrogens with one attached hydrogen (secondary N) is 2. The van der Waals surface area contributed by atoms with E-state index in [1.807, 2.05) is 24.3 Å². The third-order valence-electron chi connectivity index (χ3n) is 4.16. The summed E-state index contributed by atoms with van der Waals surface area (Å²) in [6, 6.07) is 9.36. The summed E-state index contributed by atoms with van der Waals surface area (Å²) in [6.45, 7) is 1.83. The summed E-state index contributed by atoms with van der Waals surface area (Å²) in [6.07, 6.45) is 6.61. The quantitative estimate of drug-likeness (QED) is 0.589. The van der Waals surface area contributed by atoms with Gasteiger partial charge in [-0.2, -0.15) is 10.2 Å². The SMILES string of the molecule is Cl.Cl.Cl.Oc1cc(-c2cn[nH]c2)ccc1-c1ccc(C2=CCNCC2)nn1. The minimum Gasteiger partial charge on any atom is -0.507 e. The fourth-order valence-corrected chi connectivity index (χ4v) is 2.84. The molecule has 0 fully saturated rings. The van der Waals surface area contributed by atoms with E-state index in [2.05, 4.69) is 31.8 Å². The summed E-state index contributed by atoms with van der Waals surface area (Å²) in [5.74, 6) is 0.178. The average Bonchev–Trinajstić information content (AvgIpc) is 3.17. The van der Waals surface area contributed by atoms with E-state index in [0.29, 0.717) is 11.3 Å². The third kappa shape index (κ3) is 4.99. The molecule has 0 atom stereocenters. The number of aromatic nitrogens is 4. The van der Waals surface area contributed by atoms with Crippen LogP contribution in [0.2, 0.25) is 0 Å². The second-order valence-electron chi connectivity index (χ2n) is 5.71. The summed E-state index contributed by atoms with van der Waals surface area (Å²) in [5, 5.41) is 28.9. The lowest BCUT2D eigenvalue weighted by Crippen LogP contribution is -2.20. The Morgan fingerprint density at radius 1 is 0.926 bits per heavy atom. The minimum absolute atomic E-state index is 0. The van der Waals surface area contributed by atoms with Gasteiger partial charge in [-0.15, -0.1) is 42.3 Å². The Kier molecular flexibility index (Phi) is 8.72. The van der Waals surface area contributed by atoms with Crippen LogP contribution in [0.4, 0.5) is 0 Å². The molecular formula is C18H20Cl3N5O. The van der Waals surface area contributed by atoms with Gasteiger partial charge < -0.3 is 10.4 Å². The van der Waals surface area contributed by atoms with Gasteiger partial charge in [-0.25, -0.2) is 0 Å². The van der Waals surface area contributed by atoms with Crippen LogP contribution in [0.3, 0.4) is 0 Å². The van der Waals surface area contributed by atoms with Crippen LogP contribution in [-0.2, 0) is 0 Å². The highest BCUT2D eigenvalue weighted by Crippen LogP contribution is 2.32. The molecule has 3 aromatic rings. The first-order valence-electron chi connectivity index (χ1n) is 7.87. The van der Waals surface area contributed by atoms with Crippen molar-refractivity contribution in [3.05, 3.63) is 54.5 Å². The van der Waals surface area contributed by atoms with E-state index in [1.54, 1.807) is 18.5 Å². The van der Waals surface area contributed by atoms with Crippen LogP contribution in [-0.4, -0.2) is 38.6 Å². The predicted molar refractivity (Wildman–Crippen MR) is 114 cm³/mol. The maximum atomic E-state index is 10.3. The summed E-state index contributed by atoms with van der Waals surface area (Å²) in [4.78, 5) is 0. The Hall–Kier alpha value is -2.12. The molecule has 4 rings (SSSR count). The van der Waals surface area contributed by atoms with Crippen LogP contribution in [0, 0.1) is 0 Å². The van der Waals surface area contributed by atoms with Gasteiger partial charge in [-0.1, -0.05) is 12.1 Å². The fourth-order valence-electron chi connectivity index (χ4n) is 2.84. The van der Waals surface area contributed by atoms with Crippen molar-refractivity contribution in [1.29, 1.82) is 0 Å². The lowest BCUT2D eigenvalue weighted by molar-refractivity contribution is 0.477. The molecule has 27 heavy (non-hydrogen) atoms. The zero-order valence-corrected chi connectivity index (χ0v) is 16.7. The number of phenols is 1. The standard InChI is InChI=1S/C18H17N5O.3ClH/c24-18-9-13(14-10-20-21-11-14)1-2-15(18)17-4-3-16(22-23-17)12-5-7-19-8-6-12;;;/h1-5,9-11,19,24H,6-8H2,(H,20,21);3*1H. The molecule has 0 amide bonds. The fraction of sp³-hybridized carbons (Fsp3) is 0.167. The summed E-state index contributed by atoms with van der Waals surface area (Å²) < 4.78 is 0. The van der Waals surface area contributed by atoms with E-state index >= 15 is 0 Å². The van der Waals surface area contributed by atoms with Crippen molar-refractivity contribution in [2.24, 2.45) is 0 Å². The number of rotatable bonds is 3. The normalized spacial score (nSPS) is 12.8. The number of benzene rings is 1. The molecule has 1 aromatic carbocycles. The molecule has 2 aromatic heterocycles. The third-order valence-corrected chi connectivity index (χ3v) is 4.16. The number of halogens is 3. The Labute approximate surface area is 175 Å². The molecule has 1 aliphatic rings. The predicted octanol–water partition coefficient (Wildman–Crippen LogP) is 3.88. The summed E-state index contributed by atoms with van der Waals surface area (Å²) in [7, 11) is 0. The molecule has 0 spiro atoms. The topological polar surface area (TPSA) is 86.7 Å². The van der Waals surface area contributed by atoms with Crippen LogP contribution >= 0.6 is 37.2 Å². The zero-order valence-electron chi connectivity index (χ0n) is 14.3. The highest BCUT2D eigenvalue weighted by atomic mass is 35.5. The van der Waals surface area contributed by atoms with Gasteiger partial charge in [0, 0.05) is 23.9 Å². The highest BCUT2D eigenvalue weighted by molar-refractivity contribution is 5.86. The molecule has 0 saturated heterocycles. The van der Waals surface area contributed by atoms with E-state index in [9.17, 15) is 5.11 Å². The van der Waals surface area contributed by atoms with Crippen molar-refractivity contribution in [3.63, 3.8) is 0 Å². The van der Waals surface area contributed by atoms with E-state index in [1.165, 1.54) is 5.57 Å². The van der Waals surface area contributed by atoms with Gasteiger partial charge in [0.05, 0.1) is 17.6 Å². The molecule has 0 radical (unpaired) electrons. The van der Waals surface area contributed by atoms with Gasteiger partial charge in [-0.3, -0.25) is 5.10 Å². The van der Waals surface area contributed by atoms with Gasteiger partial charge >= 0.3 is 0 Å². The number of hydrogen-bond donors (Lipinski definition) is 3. The maximum Gasteiger partial charge on any atom is 0.125 e. The molecule has 0 saturated carbocycles. The second kappa shape index (κ2) is 10.3. The molecule has 3 N–H and O–H groups in total. The highest BCUT2D eigenvalue weighted by Gasteiger charge is 2.11. The largest absolute Gasteiger partial charge is 0.507 e. The number of hydrogen-bond acceptors (Lipinski definition) is 5. The van der Waals surface area contributed by atoms with Crippen LogP contribution in [0.15, 0.2) is 48.8 Å². The number of phenolic OH excluding ortho intramolecular Hbond substituents is 1. The van der Waals surface area contributed by atoms with E-state index in [-0.39, 0.29) is 43.0 Å². The average molecular weight is 429 g/mol. The molecular weight excluding hydrogens is 409 g/mol. The Balaban J connectivity index is 0.00000121. The lowest BCUT2D eigenvalue weighted by Gasteiger charge is -2.13. The Bertz CT molecular complexity index is 883. The van der Waals surface area contributed by atoms with Crippen molar-refractivity contribution in [2.75, 3.05) is 13.1 Å². The smallest absolute Gasteiger partial charge is 0.125 e. The number of nitrogens with zero attached hydrogens (tertiary/aromatic N) is 3. The van der Waals surface area contributed by atoms with Crippen molar-refractivity contribution < 1.29 is 5.11 Å². The van der Waals surface area contributed by atoms with E-state index < -0.39 is 0 Å². The first kappa shape index (κ1) is 22.9. The van der Waals surface area contributed by atoms with E-state index in [4.69, 9.17) is 0 Å². The minimum atomic E-state index is 0. The Morgan fingerprint density at radius 2 is 1.70 bits per heavy atom. The van der Waals surface area contributed by atoms with Crippen molar-refractivity contribution in [3.8, 4) is 28.1 Å². The van der Waals surface area contributed by atoms with Crippen LogP contribution in [0.5, 0.6) is 5.75 Å². The van der Waals surface area contributed by atoms with Gasteiger partial charge in [0.15, 0.2) is 0 Å². The molecule has 1 aliphatic heterocycles. The van der Waals surface area contributed by atoms with Gasteiger partial charge in [-0.05, 0) is 48.4 Å². The van der Waals surface area contributed by atoms with Gasteiger partial charge in [0.1, 0.15) is 5.75 Å². The maximum absolute atomic E-state index is 10.3. The molecule has 3 heterocycles. The van der Waals surface area contributed by atoms with Crippen LogP contribution in [0.25, 0.3) is 28.0 Å². The Morgan fingerprint density at radius 3 is 2.30 bits per heavy atom. The molecule has 0 bridgehead atoms. The first-order valence-corrected chi connectivity index (χ1v) is 7.87. The molecule has 6 nitrogen and oxygen atoms in total. The summed E-state index contributed by atoms with van der Waals surface area (Å²) in [5.41, 5.74) is 5.26. The van der Waals surface area contributed by atoms with Crippen LogP contribution in [0.1, 0.15) is 12.1 Å². The number of aromatic hydroxyl groups is 1. The second-order valence-corrected chi connectivity index (χ2v) is 5.71. The van der Waals surface area contributed by atoms with Crippen molar-refractivity contribution in [2.45, 2.75) is 6.42 Å². The monoisotopic (exact) mass is 427 g/mol. The van der Waals surface area contributed by atoms with Gasteiger partial charge in [0.25, 0.3) is 0 Å². The first-order chi connectivity index (χ1) is 11.8.